The Morgan fingerprint density at radius 1 is 0.952 bits per heavy atom. The monoisotopic (exact) mass is 308 g/mol. The molecule has 108 valence electrons. The molecular weight excluding hydrogens is 297 g/mol. The van der Waals surface area contributed by atoms with Gasteiger partial charge in [0.05, 0.1) is 11.0 Å². The molecule has 0 unspecified atom stereocenters. The minimum Gasteiger partial charge on any atom is -0.330 e. The van der Waals surface area contributed by atoms with Crippen molar-refractivity contribution in [1.82, 2.24) is 9.55 Å². The molecule has 1 N–H and O–H groups in total. The summed E-state index contributed by atoms with van der Waals surface area (Å²) in [6.45, 7) is 0.452. The van der Waals surface area contributed by atoms with Crippen LogP contribution in [0.25, 0.3) is 11.0 Å². The second-order valence-electron chi connectivity index (χ2n) is 4.77. The Kier molecular flexibility index (Phi) is 3.55. The summed E-state index contributed by atoms with van der Waals surface area (Å²) >= 11 is 5.20. The lowest BCUT2D eigenvalue weighted by Crippen LogP contribution is -2.02. The smallest absolute Gasteiger partial charge is 0.178 e. The number of benzene rings is 2. The van der Waals surface area contributed by atoms with E-state index in [2.05, 4.69) is 4.98 Å². The van der Waals surface area contributed by atoms with Gasteiger partial charge in [0.2, 0.25) is 0 Å². The van der Waals surface area contributed by atoms with Crippen LogP contribution < -0.4 is 0 Å². The second kappa shape index (κ2) is 5.37. The van der Waals surface area contributed by atoms with Crippen LogP contribution >= 0.6 is 12.2 Å². The predicted molar refractivity (Wildman–Crippen MR) is 77.1 cm³/mol. The van der Waals surface area contributed by atoms with E-state index < -0.39 is 11.6 Å². The van der Waals surface area contributed by atoms with Gasteiger partial charge < -0.3 is 9.55 Å². The van der Waals surface area contributed by atoms with Gasteiger partial charge in [0.1, 0.15) is 17.5 Å². The summed E-state index contributed by atoms with van der Waals surface area (Å²) in [6.07, 6.45) is 0.424. The largest absolute Gasteiger partial charge is 0.330 e. The van der Waals surface area contributed by atoms with Crippen molar-refractivity contribution in [3.05, 3.63) is 64.2 Å². The van der Waals surface area contributed by atoms with Gasteiger partial charge >= 0.3 is 0 Å². The van der Waals surface area contributed by atoms with E-state index in [9.17, 15) is 13.2 Å². The first kappa shape index (κ1) is 13.9. The van der Waals surface area contributed by atoms with Crippen LogP contribution in [0, 0.1) is 22.2 Å². The fourth-order valence-electron chi connectivity index (χ4n) is 2.35. The Labute approximate surface area is 123 Å². The Balaban J connectivity index is 1.91. The molecule has 2 nitrogen and oxygen atoms in total. The maximum Gasteiger partial charge on any atom is 0.178 e. The maximum atomic E-state index is 13.2. The van der Waals surface area contributed by atoms with Gasteiger partial charge in [-0.1, -0.05) is 0 Å². The van der Waals surface area contributed by atoms with Crippen molar-refractivity contribution in [2.45, 2.75) is 13.0 Å². The van der Waals surface area contributed by atoms with E-state index in [1.54, 1.807) is 10.6 Å². The number of aromatic amines is 1. The van der Waals surface area contributed by atoms with Crippen LogP contribution in [0.5, 0.6) is 0 Å². The van der Waals surface area contributed by atoms with Gasteiger partial charge in [-0.05, 0) is 54.5 Å². The topological polar surface area (TPSA) is 20.7 Å². The highest BCUT2D eigenvalue weighted by Gasteiger charge is 2.07. The van der Waals surface area contributed by atoms with Gasteiger partial charge in [0.25, 0.3) is 0 Å². The molecule has 0 aliphatic heterocycles. The molecule has 0 aliphatic rings. The fourth-order valence-corrected chi connectivity index (χ4v) is 2.65. The molecule has 0 bridgehead atoms. The zero-order valence-electron chi connectivity index (χ0n) is 10.9. The molecule has 0 saturated heterocycles. The van der Waals surface area contributed by atoms with E-state index in [4.69, 9.17) is 12.2 Å². The molecule has 6 heteroatoms. The summed E-state index contributed by atoms with van der Waals surface area (Å²) in [6, 6.07) is 7.77. The highest BCUT2D eigenvalue weighted by Crippen LogP contribution is 2.17. The van der Waals surface area contributed by atoms with Gasteiger partial charge in [0, 0.05) is 12.6 Å². The zero-order valence-corrected chi connectivity index (χ0v) is 11.7. The van der Waals surface area contributed by atoms with Crippen molar-refractivity contribution in [2.24, 2.45) is 0 Å². The van der Waals surface area contributed by atoms with Crippen LogP contribution in [0.15, 0.2) is 36.4 Å². The third-order valence-corrected chi connectivity index (χ3v) is 3.61. The predicted octanol–water partition coefficient (Wildman–Crippen LogP) is 4.36. The maximum absolute atomic E-state index is 13.2. The zero-order chi connectivity index (χ0) is 15.0. The Bertz CT molecular complexity index is 847. The molecule has 3 rings (SSSR count). The number of nitrogens with zero attached hydrogens (tertiary/aromatic N) is 1. The van der Waals surface area contributed by atoms with Crippen LogP contribution in [0.3, 0.4) is 0 Å². The number of hydrogen-bond donors (Lipinski definition) is 1. The van der Waals surface area contributed by atoms with Crippen molar-refractivity contribution < 1.29 is 13.2 Å². The van der Waals surface area contributed by atoms with Crippen molar-refractivity contribution in [3.8, 4) is 0 Å². The molecule has 1 aromatic heterocycles. The van der Waals surface area contributed by atoms with E-state index in [-0.39, 0.29) is 5.82 Å². The lowest BCUT2D eigenvalue weighted by atomic mass is 10.1. The number of fused-ring (bicyclic) bond motifs is 1. The van der Waals surface area contributed by atoms with E-state index in [1.807, 2.05) is 0 Å². The number of H-pyrrole nitrogens is 1. The Hall–Kier alpha value is -2.08. The van der Waals surface area contributed by atoms with Crippen molar-refractivity contribution in [1.29, 1.82) is 0 Å². The number of rotatable bonds is 3. The number of halogens is 3. The lowest BCUT2D eigenvalue weighted by molar-refractivity contribution is 0.577. The van der Waals surface area contributed by atoms with Crippen LogP contribution in [0.4, 0.5) is 13.2 Å². The van der Waals surface area contributed by atoms with Crippen LogP contribution in [0.2, 0.25) is 0 Å². The van der Waals surface area contributed by atoms with Crippen LogP contribution in [-0.4, -0.2) is 9.55 Å². The average Bonchev–Trinajstić information content (AvgIpc) is 2.70. The average molecular weight is 308 g/mol. The standard InChI is InChI=1S/C15H11F3N2S/c16-10-1-2-14-13(8-10)19-15(21)20(14)4-3-9-5-11(17)7-12(18)6-9/h1-2,5-8H,3-4H2,(H,19,21). The number of imidazole rings is 1. The molecule has 0 amide bonds. The highest BCUT2D eigenvalue weighted by molar-refractivity contribution is 7.71. The SMILES string of the molecule is Fc1cc(F)cc(CCn2c(=S)[nH]c3cc(F)ccc32)c1. The van der Waals surface area contributed by atoms with E-state index in [0.717, 1.165) is 11.6 Å². The molecule has 0 spiro atoms. The molecule has 0 fully saturated rings. The number of aromatic nitrogens is 2. The van der Waals surface area contributed by atoms with Gasteiger partial charge in [-0.2, -0.15) is 0 Å². The summed E-state index contributed by atoms with van der Waals surface area (Å²) in [5, 5.41) is 0. The Morgan fingerprint density at radius 3 is 2.38 bits per heavy atom. The summed E-state index contributed by atoms with van der Waals surface area (Å²) in [5.41, 5.74) is 1.91. The number of hydrogen-bond acceptors (Lipinski definition) is 1. The molecule has 0 atom stereocenters. The van der Waals surface area contributed by atoms with E-state index >= 15 is 0 Å². The molecular formula is C15H11F3N2S. The van der Waals surface area contributed by atoms with Gasteiger partial charge in [-0.25, -0.2) is 13.2 Å². The summed E-state index contributed by atoms with van der Waals surface area (Å²) in [5.74, 6) is -1.55. The van der Waals surface area contributed by atoms with Crippen molar-refractivity contribution in [3.63, 3.8) is 0 Å². The lowest BCUT2D eigenvalue weighted by Gasteiger charge is -2.05. The number of aryl methyl sites for hydroxylation is 2. The van der Waals surface area contributed by atoms with Crippen LogP contribution in [0.1, 0.15) is 5.56 Å². The quantitative estimate of drug-likeness (QED) is 0.713. The van der Waals surface area contributed by atoms with E-state index in [0.29, 0.717) is 28.8 Å². The summed E-state index contributed by atoms with van der Waals surface area (Å²) in [7, 11) is 0. The Morgan fingerprint density at radius 2 is 1.67 bits per heavy atom. The van der Waals surface area contributed by atoms with E-state index in [1.165, 1.54) is 24.3 Å². The molecule has 21 heavy (non-hydrogen) atoms. The third kappa shape index (κ3) is 2.85. The molecule has 0 saturated carbocycles. The first-order valence-corrected chi connectivity index (χ1v) is 6.77. The minimum absolute atomic E-state index is 0.349. The first-order chi connectivity index (χ1) is 10.0. The summed E-state index contributed by atoms with van der Waals surface area (Å²) < 4.78 is 41.7. The molecule has 3 aromatic rings. The minimum atomic E-state index is -0.602. The van der Waals surface area contributed by atoms with Gasteiger partial charge in [0.15, 0.2) is 4.77 Å². The first-order valence-electron chi connectivity index (χ1n) is 6.36. The normalized spacial score (nSPS) is 11.2. The third-order valence-electron chi connectivity index (χ3n) is 3.28. The fraction of sp³-hybridized carbons (Fsp3) is 0.133. The highest BCUT2D eigenvalue weighted by atomic mass is 32.1. The summed E-state index contributed by atoms with van der Waals surface area (Å²) in [4.78, 5) is 2.92. The van der Waals surface area contributed by atoms with Gasteiger partial charge in [-0.15, -0.1) is 0 Å². The molecule has 0 radical (unpaired) electrons. The van der Waals surface area contributed by atoms with Crippen molar-refractivity contribution >= 4 is 23.3 Å². The molecule has 2 aromatic carbocycles. The van der Waals surface area contributed by atoms with Gasteiger partial charge in [-0.3, -0.25) is 0 Å². The van der Waals surface area contributed by atoms with Crippen molar-refractivity contribution in [2.75, 3.05) is 0 Å². The molecule has 1 heterocycles. The number of nitrogens with one attached hydrogen (secondary N) is 1. The van der Waals surface area contributed by atoms with Crippen LogP contribution in [-0.2, 0) is 13.0 Å². The molecule has 0 aliphatic carbocycles. The second-order valence-corrected chi connectivity index (χ2v) is 5.16.